The summed E-state index contributed by atoms with van der Waals surface area (Å²) in [7, 11) is 0. The van der Waals surface area contributed by atoms with E-state index in [4.69, 9.17) is 5.26 Å². The number of nitrogens with zero attached hydrogens (tertiary/aromatic N) is 2. The highest BCUT2D eigenvalue weighted by atomic mass is 32.2. The van der Waals surface area contributed by atoms with Crippen molar-refractivity contribution in [1.29, 1.82) is 5.26 Å². The van der Waals surface area contributed by atoms with Crippen LogP contribution in [0.4, 0.5) is 0 Å². The van der Waals surface area contributed by atoms with Crippen molar-refractivity contribution < 1.29 is 0 Å². The summed E-state index contributed by atoms with van der Waals surface area (Å²) in [6.45, 7) is 3.91. The van der Waals surface area contributed by atoms with Gasteiger partial charge in [0, 0.05) is 15.8 Å². The molecule has 1 aliphatic rings. The van der Waals surface area contributed by atoms with Gasteiger partial charge in [0.25, 0.3) is 0 Å². The molecule has 0 N–H and O–H groups in total. The van der Waals surface area contributed by atoms with Gasteiger partial charge in [0.1, 0.15) is 6.07 Å². The Hall–Kier alpha value is -1.01. The highest BCUT2D eigenvalue weighted by Crippen LogP contribution is 2.36. The third-order valence-electron chi connectivity index (χ3n) is 3.00. The predicted octanol–water partition coefficient (Wildman–Crippen LogP) is 3.60. The number of thioether (sulfide) groups is 1. The van der Waals surface area contributed by atoms with Crippen molar-refractivity contribution in [2.24, 2.45) is 0 Å². The fourth-order valence-electron chi connectivity index (χ4n) is 2.21. The van der Waals surface area contributed by atoms with Crippen LogP contribution in [0.2, 0.25) is 0 Å². The first-order chi connectivity index (χ1) is 7.70. The SMILES string of the molecule is Cc1cc(SC2CCCC2)c(C#N)c(C)n1. The number of hydrogen-bond donors (Lipinski definition) is 0. The molecule has 1 fully saturated rings. The van der Waals surface area contributed by atoms with E-state index in [0.717, 1.165) is 21.8 Å². The van der Waals surface area contributed by atoms with E-state index in [2.05, 4.69) is 17.1 Å². The summed E-state index contributed by atoms with van der Waals surface area (Å²) in [5.41, 5.74) is 2.64. The van der Waals surface area contributed by atoms with E-state index in [1.54, 1.807) is 0 Å². The highest BCUT2D eigenvalue weighted by Gasteiger charge is 2.18. The van der Waals surface area contributed by atoms with Crippen LogP contribution in [0.15, 0.2) is 11.0 Å². The van der Waals surface area contributed by atoms with Gasteiger partial charge in [-0.15, -0.1) is 11.8 Å². The molecule has 16 heavy (non-hydrogen) atoms. The third-order valence-corrected chi connectivity index (χ3v) is 4.38. The molecule has 0 radical (unpaired) electrons. The van der Waals surface area contributed by atoms with Crippen LogP contribution in [0.3, 0.4) is 0 Å². The van der Waals surface area contributed by atoms with Gasteiger partial charge in [0.05, 0.1) is 11.3 Å². The Morgan fingerprint density at radius 3 is 2.69 bits per heavy atom. The van der Waals surface area contributed by atoms with Crippen molar-refractivity contribution in [2.75, 3.05) is 0 Å². The van der Waals surface area contributed by atoms with Crippen molar-refractivity contribution in [1.82, 2.24) is 4.98 Å². The number of nitriles is 1. The van der Waals surface area contributed by atoms with E-state index < -0.39 is 0 Å². The number of aryl methyl sites for hydroxylation is 2. The van der Waals surface area contributed by atoms with Crippen molar-refractivity contribution >= 4 is 11.8 Å². The zero-order valence-corrected chi connectivity index (χ0v) is 10.6. The summed E-state index contributed by atoms with van der Waals surface area (Å²) in [5.74, 6) is 0. The monoisotopic (exact) mass is 232 g/mol. The van der Waals surface area contributed by atoms with Gasteiger partial charge in [-0.2, -0.15) is 5.26 Å². The van der Waals surface area contributed by atoms with Crippen LogP contribution < -0.4 is 0 Å². The maximum Gasteiger partial charge on any atom is 0.102 e. The maximum absolute atomic E-state index is 9.16. The first-order valence-electron chi connectivity index (χ1n) is 5.75. The fraction of sp³-hybridized carbons (Fsp3) is 0.538. The molecule has 1 saturated carbocycles. The molecule has 1 aromatic heterocycles. The molecule has 1 heterocycles. The standard InChI is InChI=1S/C13H16N2S/c1-9-7-13(12(8-14)10(2)15-9)16-11-5-3-4-6-11/h7,11H,3-6H2,1-2H3. The lowest BCUT2D eigenvalue weighted by atomic mass is 10.2. The van der Waals surface area contributed by atoms with Crippen LogP contribution >= 0.6 is 11.8 Å². The summed E-state index contributed by atoms with van der Waals surface area (Å²) in [5, 5.41) is 9.86. The normalized spacial score (nSPS) is 16.3. The Bertz CT molecular complexity index is 428. The van der Waals surface area contributed by atoms with Gasteiger partial charge in [-0.1, -0.05) is 12.8 Å². The molecule has 0 unspecified atom stereocenters. The molecule has 2 rings (SSSR count). The molecule has 0 saturated heterocycles. The van der Waals surface area contributed by atoms with Crippen LogP contribution in [0.1, 0.15) is 42.6 Å². The van der Waals surface area contributed by atoms with Crippen LogP contribution in [0.5, 0.6) is 0 Å². The Morgan fingerprint density at radius 2 is 2.06 bits per heavy atom. The Kier molecular flexibility index (Phi) is 3.50. The average molecular weight is 232 g/mol. The molecule has 0 atom stereocenters. The molecule has 1 aliphatic carbocycles. The predicted molar refractivity (Wildman–Crippen MR) is 66.5 cm³/mol. The zero-order valence-electron chi connectivity index (χ0n) is 9.79. The van der Waals surface area contributed by atoms with E-state index in [9.17, 15) is 0 Å². The van der Waals surface area contributed by atoms with Crippen molar-refractivity contribution in [3.05, 3.63) is 23.0 Å². The summed E-state index contributed by atoms with van der Waals surface area (Å²) in [6, 6.07) is 4.33. The van der Waals surface area contributed by atoms with E-state index >= 15 is 0 Å². The molecular weight excluding hydrogens is 216 g/mol. The molecule has 0 amide bonds. The second-order valence-corrected chi connectivity index (χ2v) is 5.70. The average Bonchev–Trinajstić information content (AvgIpc) is 2.70. The first-order valence-corrected chi connectivity index (χ1v) is 6.63. The quantitative estimate of drug-likeness (QED) is 0.781. The second-order valence-electron chi connectivity index (χ2n) is 4.36. The van der Waals surface area contributed by atoms with Crippen LogP contribution in [-0.2, 0) is 0 Å². The largest absolute Gasteiger partial charge is 0.257 e. The topological polar surface area (TPSA) is 36.7 Å². The number of pyridine rings is 1. The summed E-state index contributed by atoms with van der Waals surface area (Å²) in [6.07, 6.45) is 5.25. The molecule has 0 spiro atoms. The van der Waals surface area contributed by atoms with Gasteiger partial charge in [-0.3, -0.25) is 4.98 Å². The van der Waals surface area contributed by atoms with Crippen LogP contribution in [0.25, 0.3) is 0 Å². The summed E-state index contributed by atoms with van der Waals surface area (Å²) < 4.78 is 0. The van der Waals surface area contributed by atoms with Crippen molar-refractivity contribution in [2.45, 2.75) is 49.7 Å². The van der Waals surface area contributed by atoms with Crippen LogP contribution in [0, 0.1) is 25.2 Å². The van der Waals surface area contributed by atoms with Gasteiger partial charge in [-0.25, -0.2) is 0 Å². The Balaban J connectivity index is 2.28. The molecule has 0 aliphatic heterocycles. The summed E-state index contributed by atoms with van der Waals surface area (Å²) >= 11 is 1.87. The number of aromatic nitrogens is 1. The third kappa shape index (κ3) is 2.38. The molecule has 2 nitrogen and oxygen atoms in total. The molecule has 0 bridgehead atoms. The maximum atomic E-state index is 9.16. The second kappa shape index (κ2) is 4.88. The lowest BCUT2D eigenvalue weighted by molar-refractivity contribution is 0.886. The van der Waals surface area contributed by atoms with E-state index in [-0.39, 0.29) is 0 Å². The number of rotatable bonds is 2. The number of hydrogen-bond acceptors (Lipinski definition) is 3. The van der Waals surface area contributed by atoms with Gasteiger partial charge in [-0.05, 0) is 32.8 Å². The van der Waals surface area contributed by atoms with E-state index in [0.29, 0.717) is 5.25 Å². The molecule has 0 aromatic carbocycles. The van der Waals surface area contributed by atoms with E-state index in [1.807, 2.05) is 25.6 Å². The lowest BCUT2D eigenvalue weighted by Gasteiger charge is -2.11. The van der Waals surface area contributed by atoms with Crippen molar-refractivity contribution in [3.63, 3.8) is 0 Å². The minimum atomic E-state index is 0.702. The fourth-order valence-corrected chi connectivity index (χ4v) is 3.69. The highest BCUT2D eigenvalue weighted by molar-refractivity contribution is 8.00. The molecule has 84 valence electrons. The minimum Gasteiger partial charge on any atom is -0.257 e. The first kappa shape index (κ1) is 11.5. The zero-order chi connectivity index (χ0) is 11.5. The summed E-state index contributed by atoms with van der Waals surface area (Å²) in [4.78, 5) is 5.47. The Labute approximate surface area is 101 Å². The van der Waals surface area contributed by atoms with Gasteiger partial charge in [0.2, 0.25) is 0 Å². The van der Waals surface area contributed by atoms with E-state index in [1.165, 1.54) is 25.7 Å². The van der Waals surface area contributed by atoms with Crippen molar-refractivity contribution in [3.8, 4) is 6.07 Å². The van der Waals surface area contributed by atoms with Crippen LogP contribution in [-0.4, -0.2) is 10.2 Å². The molecular formula is C13H16N2S. The molecule has 3 heteroatoms. The van der Waals surface area contributed by atoms with Gasteiger partial charge < -0.3 is 0 Å². The molecule has 1 aromatic rings. The minimum absolute atomic E-state index is 0.702. The smallest absolute Gasteiger partial charge is 0.102 e. The van der Waals surface area contributed by atoms with Gasteiger partial charge in [0.15, 0.2) is 0 Å². The Morgan fingerprint density at radius 1 is 1.38 bits per heavy atom. The lowest BCUT2D eigenvalue weighted by Crippen LogP contribution is -1.99. The van der Waals surface area contributed by atoms with Gasteiger partial charge >= 0.3 is 0 Å².